The van der Waals surface area contributed by atoms with Crippen molar-refractivity contribution >= 4 is 17.0 Å². The number of likely N-dealkylation sites (tertiary alicyclic amines) is 1. The maximum atomic E-state index is 11.9. The molecule has 0 unspecified atom stereocenters. The summed E-state index contributed by atoms with van der Waals surface area (Å²) in [5.74, 6) is 1.13. The van der Waals surface area contributed by atoms with Gasteiger partial charge in [0.2, 0.25) is 0 Å². The summed E-state index contributed by atoms with van der Waals surface area (Å²) in [4.78, 5) is 13.6. The van der Waals surface area contributed by atoms with Crippen molar-refractivity contribution in [2.45, 2.75) is 33.3 Å². The van der Waals surface area contributed by atoms with Gasteiger partial charge in [-0.25, -0.2) is 4.79 Å². The highest BCUT2D eigenvalue weighted by atomic mass is 16.6. The Kier molecular flexibility index (Phi) is 4.15. The highest BCUT2D eigenvalue weighted by molar-refractivity contribution is 5.87. The number of hydrogen-bond donors (Lipinski definition) is 0. The molecule has 0 aliphatic carbocycles. The molecule has 0 radical (unpaired) electrons. The minimum absolute atomic E-state index is 0.249. The monoisotopic (exact) mass is 331 g/mol. The van der Waals surface area contributed by atoms with Crippen molar-refractivity contribution in [3.8, 4) is 5.75 Å². The van der Waals surface area contributed by atoms with Gasteiger partial charge in [-0.15, -0.1) is 0 Å². The smallest absolute Gasteiger partial charge is 0.410 e. The number of carbonyl (C=O) groups is 1. The van der Waals surface area contributed by atoms with Crippen LogP contribution in [0, 0.1) is 12.8 Å². The van der Waals surface area contributed by atoms with Gasteiger partial charge in [0.25, 0.3) is 0 Å². The Morgan fingerprint density at radius 3 is 2.71 bits per heavy atom. The van der Waals surface area contributed by atoms with E-state index in [4.69, 9.17) is 9.47 Å². The first-order chi connectivity index (χ1) is 11.2. The Morgan fingerprint density at radius 2 is 2.04 bits per heavy atom. The molecule has 24 heavy (non-hydrogen) atoms. The molecule has 1 aromatic heterocycles. The van der Waals surface area contributed by atoms with E-state index in [-0.39, 0.29) is 6.09 Å². The molecule has 6 nitrogen and oxygen atoms in total. The van der Waals surface area contributed by atoms with Gasteiger partial charge < -0.3 is 14.4 Å². The van der Waals surface area contributed by atoms with Crippen molar-refractivity contribution in [1.29, 1.82) is 0 Å². The topological polar surface area (TPSA) is 56.6 Å². The maximum absolute atomic E-state index is 11.9. The lowest BCUT2D eigenvalue weighted by atomic mass is 10.0. The minimum atomic E-state index is -0.453. The summed E-state index contributed by atoms with van der Waals surface area (Å²) in [6, 6.07) is 4.02. The van der Waals surface area contributed by atoms with Gasteiger partial charge in [-0.1, -0.05) is 6.07 Å². The van der Waals surface area contributed by atoms with Gasteiger partial charge in [-0.3, -0.25) is 4.68 Å². The van der Waals surface area contributed by atoms with E-state index in [2.05, 4.69) is 12.0 Å². The molecule has 6 heteroatoms. The predicted molar refractivity (Wildman–Crippen MR) is 92.2 cm³/mol. The Labute approximate surface area is 142 Å². The van der Waals surface area contributed by atoms with E-state index in [0.29, 0.717) is 25.6 Å². The lowest BCUT2D eigenvalue weighted by Crippen LogP contribution is -2.53. The van der Waals surface area contributed by atoms with Crippen molar-refractivity contribution in [2.75, 3.05) is 19.7 Å². The van der Waals surface area contributed by atoms with Gasteiger partial charge in [-0.2, -0.15) is 5.10 Å². The number of fused-ring (bicyclic) bond motifs is 1. The summed E-state index contributed by atoms with van der Waals surface area (Å²) in [6.45, 7) is 9.62. The lowest BCUT2D eigenvalue weighted by molar-refractivity contribution is -0.00774. The van der Waals surface area contributed by atoms with Crippen LogP contribution >= 0.6 is 0 Å². The number of ether oxygens (including phenoxy) is 2. The van der Waals surface area contributed by atoms with Crippen molar-refractivity contribution in [2.24, 2.45) is 13.0 Å². The van der Waals surface area contributed by atoms with E-state index in [1.165, 1.54) is 5.56 Å². The van der Waals surface area contributed by atoms with Crippen molar-refractivity contribution < 1.29 is 14.3 Å². The number of hydrogen-bond acceptors (Lipinski definition) is 4. The summed E-state index contributed by atoms with van der Waals surface area (Å²) >= 11 is 0. The van der Waals surface area contributed by atoms with Crippen LogP contribution in [0.1, 0.15) is 26.3 Å². The second-order valence-electron chi connectivity index (χ2n) is 7.51. The fourth-order valence-corrected chi connectivity index (χ4v) is 2.80. The number of aryl methyl sites for hydroxylation is 2. The zero-order valence-electron chi connectivity index (χ0n) is 15.0. The Balaban J connectivity index is 1.55. The molecule has 0 saturated carbocycles. The number of amides is 1. The molecule has 0 bridgehead atoms. The summed E-state index contributed by atoms with van der Waals surface area (Å²) in [5.41, 5.74) is 1.62. The summed E-state index contributed by atoms with van der Waals surface area (Å²) in [7, 11) is 1.91. The van der Waals surface area contributed by atoms with Gasteiger partial charge in [0.15, 0.2) is 0 Å². The normalized spacial score (nSPS) is 15.5. The largest absolute Gasteiger partial charge is 0.491 e. The number of nitrogens with zero attached hydrogens (tertiary/aromatic N) is 3. The molecule has 0 spiro atoms. The molecule has 1 saturated heterocycles. The average Bonchev–Trinajstić information content (AvgIpc) is 2.80. The first-order valence-corrected chi connectivity index (χ1v) is 8.26. The van der Waals surface area contributed by atoms with Crippen LogP contribution in [0.15, 0.2) is 18.3 Å². The van der Waals surface area contributed by atoms with Crippen LogP contribution in [0.5, 0.6) is 5.75 Å². The minimum Gasteiger partial charge on any atom is -0.491 e. The number of carbonyl (C=O) groups excluding carboxylic acids is 1. The van der Waals surface area contributed by atoms with Crippen LogP contribution in [0.2, 0.25) is 0 Å². The van der Waals surface area contributed by atoms with Gasteiger partial charge in [-0.05, 0) is 39.3 Å². The Hall–Kier alpha value is -2.24. The molecular formula is C18H25N3O3. The maximum Gasteiger partial charge on any atom is 0.410 e. The van der Waals surface area contributed by atoms with Crippen LogP contribution in [-0.4, -0.2) is 46.1 Å². The molecule has 1 aromatic carbocycles. The van der Waals surface area contributed by atoms with E-state index in [1.807, 2.05) is 46.1 Å². The lowest BCUT2D eigenvalue weighted by Gasteiger charge is -2.39. The van der Waals surface area contributed by atoms with Gasteiger partial charge >= 0.3 is 6.09 Å². The molecule has 1 aliphatic heterocycles. The van der Waals surface area contributed by atoms with Crippen molar-refractivity contribution in [3.63, 3.8) is 0 Å². The summed E-state index contributed by atoms with van der Waals surface area (Å²) in [5, 5.41) is 5.60. The average molecular weight is 331 g/mol. The molecule has 2 aromatic rings. The third-order valence-corrected chi connectivity index (χ3v) is 4.06. The van der Waals surface area contributed by atoms with Crippen molar-refractivity contribution in [3.05, 3.63) is 23.9 Å². The summed E-state index contributed by atoms with van der Waals surface area (Å²) < 4.78 is 13.1. The zero-order chi connectivity index (χ0) is 17.5. The molecule has 130 valence electrons. The Bertz CT molecular complexity index is 755. The van der Waals surface area contributed by atoms with Crippen molar-refractivity contribution in [1.82, 2.24) is 14.7 Å². The van der Waals surface area contributed by atoms with Gasteiger partial charge in [0, 0.05) is 37.6 Å². The molecule has 1 amide bonds. The van der Waals surface area contributed by atoms with E-state index < -0.39 is 5.60 Å². The molecule has 0 atom stereocenters. The molecule has 1 aliphatic rings. The molecule has 2 heterocycles. The first kappa shape index (κ1) is 16.6. The van der Waals surface area contributed by atoms with E-state index in [9.17, 15) is 4.79 Å². The zero-order valence-corrected chi connectivity index (χ0v) is 15.0. The third-order valence-electron chi connectivity index (χ3n) is 4.06. The number of benzene rings is 1. The van der Waals surface area contributed by atoms with Gasteiger partial charge in [0.1, 0.15) is 16.9 Å². The van der Waals surface area contributed by atoms with Crippen LogP contribution in [0.4, 0.5) is 4.79 Å². The second kappa shape index (κ2) is 6.00. The fourth-order valence-electron chi connectivity index (χ4n) is 2.80. The van der Waals surface area contributed by atoms with Crippen LogP contribution in [0.25, 0.3) is 10.9 Å². The van der Waals surface area contributed by atoms with Gasteiger partial charge in [0.05, 0.1) is 6.61 Å². The number of aromatic nitrogens is 2. The molecular weight excluding hydrogens is 306 g/mol. The van der Waals surface area contributed by atoms with E-state index in [1.54, 1.807) is 9.58 Å². The van der Waals surface area contributed by atoms with Crippen LogP contribution in [0.3, 0.4) is 0 Å². The Morgan fingerprint density at radius 1 is 1.33 bits per heavy atom. The molecule has 1 fully saturated rings. The van der Waals surface area contributed by atoms with Crippen LogP contribution < -0.4 is 4.74 Å². The fraction of sp³-hybridized carbons (Fsp3) is 0.556. The standard InChI is InChI=1S/C18H25N3O3/c1-12-6-7-15(16-14(12)10-20(5)19-16)23-11-13-8-21(9-13)17(22)24-18(2,3)4/h6-7,10,13H,8-9,11H2,1-5H3. The molecule has 3 rings (SSSR count). The first-order valence-electron chi connectivity index (χ1n) is 8.26. The predicted octanol–water partition coefficient (Wildman–Crippen LogP) is 3.13. The quantitative estimate of drug-likeness (QED) is 0.867. The third kappa shape index (κ3) is 3.47. The SMILES string of the molecule is Cc1ccc(OCC2CN(C(=O)OC(C)(C)C)C2)c2nn(C)cc12. The van der Waals surface area contributed by atoms with E-state index >= 15 is 0 Å². The summed E-state index contributed by atoms with van der Waals surface area (Å²) in [6.07, 6.45) is 1.76. The van der Waals surface area contributed by atoms with Crippen LogP contribution in [-0.2, 0) is 11.8 Å². The highest BCUT2D eigenvalue weighted by Gasteiger charge is 2.34. The highest BCUT2D eigenvalue weighted by Crippen LogP contribution is 2.28. The second-order valence-corrected chi connectivity index (χ2v) is 7.51. The number of rotatable bonds is 3. The van der Waals surface area contributed by atoms with E-state index in [0.717, 1.165) is 16.7 Å². The molecule has 0 N–H and O–H groups in total.